The van der Waals surface area contributed by atoms with Gasteiger partial charge in [0.05, 0.1) is 3.57 Å². The van der Waals surface area contributed by atoms with Crippen LogP contribution < -0.4 is 9.47 Å². The Labute approximate surface area is 123 Å². The lowest BCUT2D eigenvalue weighted by Gasteiger charge is -2.10. The van der Waals surface area contributed by atoms with E-state index in [1.807, 2.05) is 52.9 Å². The van der Waals surface area contributed by atoms with Gasteiger partial charge in [-0.25, -0.2) is 0 Å². The van der Waals surface area contributed by atoms with Gasteiger partial charge in [-0.05, 0) is 46.4 Å². The van der Waals surface area contributed by atoms with Crippen molar-refractivity contribution >= 4 is 22.6 Å². The molecule has 5 heteroatoms. The molecule has 0 radical (unpaired) electrons. The molecule has 0 aromatic heterocycles. The van der Waals surface area contributed by atoms with Gasteiger partial charge in [0.15, 0.2) is 0 Å². The van der Waals surface area contributed by atoms with E-state index < -0.39 is 6.61 Å². The van der Waals surface area contributed by atoms with Crippen LogP contribution in [-0.2, 0) is 6.61 Å². The SMILES string of the molecule is FC(F)Oc1ccc(OCc2ccccc2)c(I)c1. The molecule has 19 heavy (non-hydrogen) atoms. The van der Waals surface area contributed by atoms with Crippen molar-refractivity contribution in [3.63, 3.8) is 0 Å². The number of ether oxygens (including phenoxy) is 2. The highest BCUT2D eigenvalue weighted by atomic mass is 127. The van der Waals surface area contributed by atoms with Gasteiger partial charge < -0.3 is 9.47 Å². The fourth-order valence-electron chi connectivity index (χ4n) is 1.51. The fraction of sp³-hybridized carbons (Fsp3) is 0.143. The smallest absolute Gasteiger partial charge is 0.387 e. The van der Waals surface area contributed by atoms with Gasteiger partial charge in [0.2, 0.25) is 0 Å². The molecular formula is C14H11F2IO2. The first-order valence-corrected chi connectivity index (χ1v) is 6.64. The van der Waals surface area contributed by atoms with Gasteiger partial charge in [0, 0.05) is 0 Å². The Morgan fingerprint density at radius 3 is 2.42 bits per heavy atom. The van der Waals surface area contributed by atoms with Crippen LogP contribution in [0.1, 0.15) is 5.56 Å². The summed E-state index contributed by atoms with van der Waals surface area (Å²) < 4.78 is 34.8. The van der Waals surface area contributed by atoms with Crippen LogP contribution in [0.3, 0.4) is 0 Å². The molecule has 0 bridgehead atoms. The third-order valence-electron chi connectivity index (χ3n) is 2.37. The maximum absolute atomic E-state index is 12.1. The number of rotatable bonds is 5. The van der Waals surface area contributed by atoms with E-state index in [-0.39, 0.29) is 5.75 Å². The van der Waals surface area contributed by atoms with Crippen molar-refractivity contribution in [2.24, 2.45) is 0 Å². The summed E-state index contributed by atoms with van der Waals surface area (Å²) in [6.45, 7) is -2.38. The van der Waals surface area contributed by atoms with Gasteiger partial charge >= 0.3 is 6.61 Å². The summed E-state index contributed by atoms with van der Waals surface area (Å²) in [6, 6.07) is 14.3. The van der Waals surface area contributed by atoms with Gasteiger partial charge in [0.1, 0.15) is 18.1 Å². The van der Waals surface area contributed by atoms with E-state index in [4.69, 9.17) is 4.74 Å². The number of hydrogen-bond donors (Lipinski definition) is 0. The van der Waals surface area contributed by atoms with E-state index in [1.54, 1.807) is 6.07 Å². The molecule has 0 atom stereocenters. The van der Waals surface area contributed by atoms with Gasteiger partial charge in [0.25, 0.3) is 0 Å². The lowest BCUT2D eigenvalue weighted by molar-refractivity contribution is -0.0499. The maximum atomic E-state index is 12.1. The molecule has 2 aromatic rings. The highest BCUT2D eigenvalue weighted by Gasteiger charge is 2.08. The molecule has 2 nitrogen and oxygen atoms in total. The monoisotopic (exact) mass is 376 g/mol. The predicted molar refractivity (Wildman–Crippen MR) is 76.6 cm³/mol. The molecule has 0 amide bonds. The zero-order valence-corrected chi connectivity index (χ0v) is 12.0. The number of halogens is 3. The van der Waals surface area contributed by atoms with Crippen molar-refractivity contribution in [1.82, 2.24) is 0 Å². The van der Waals surface area contributed by atoms with Crippen LogP contribution in [0.5, 0.6) is 11.5 Å². The lowest BCUT2D eigenvalue weighted by atomic mass is 10.2. The van der Waals surface area contributed by atoms with Gasteiger partial charge in [-0.2, -0.15) is 8.78 Å². The van der Waals surface area contributed by atoms with Crippen molar-refractivity contribution in [2.75, 3.05) is 0 Å². The van der Waals surface area contributed by atoms with Crippen molar-refractivity contribution < 1.29 is 18.3 Å². The lowest BCUT2D eigenvalue weighted by Crippen LogP contribution is -2.02. The molecule has 2 rings (SSSR count). The summed E-state index contributed by atoms with van der Waals surface area (Å²) in [5.74, 6) is 0.775. The molecule has 0 heterocycles. The Bertz CT molecular complexity index is 532. The van der Waals surface area contributed by atoms with Crippen LogP contribution in [0.4, 0.5) is 8.78 Å². The second-order valence-corrected chi connectivity index (χ2v) is 4.91. The van der Waals surface area contributed by atoms with E-state index in [0.717, 1.165) is 9.13 Å². The summed E-state index contributed by atoms with van der Waals surface area (Å²) in [4.78, 5) is 0. The highest BCUT2D eigenvalue weighted by Crippen LogP contribution is 2.27. The summed E-state index contributed by atoms with van der Waals surface area (Å²) in [7, 11) is 0. The Morgan fingerprint density at radius 1 is 1.05 bits per heavy atom. The number of alkyl halides is 2. The van der Waals surface area contributed by atoms with Crippen LogP contribution in [0.2, 0.25) is 0 Å². The first kappa shape index (κ1) is 14.0. The first-order chi connectivity index (χ1) is 9.15. The van der Waals surface area contributed by atoms with Crippen LogP contribution in [0, 0.1) is 3.57 Å². The number of hydrogen-bond acceptors (Lipinski definition) is 2. The van der Waals surface area contributed by atoms with Crippen LogP contribution in [-0.4, -0.2) is 6.61 Å². The van der Waals surface area contributed by atoms with Gasteiger partial charge in [-0.3, -0.25) is 0 Å². The Kier molecular flexibility index (Phi) is 4.95. The molecule has 0 aliphatic carbocycles. The summed E-state index contributed by atoms with van der Waals surface area (Å²) in [6.07, 6.45) is 0. The molecule has 0 aliphatic heterocycles. The standard InChI is InChI=1S/C14H11F2IO2/c15-14(16)19-11-6-7-13(12(17)8-11)18-9-10-4-2-1-3-5-10/h1-8,14H,9H2. The van der Waals surface area contributed by atoms with E-state index >= 15 is 0 Å². The molecule has 0 fully saturated rings. The average Bonchev–Trinajstić information content (AvgIpc) is 2.38. The molecule has 2 aromatic carbocycles. The third kappa shape index (κ3) is 4.34. The molecule has 0 N–H and O–H groups in total. The van der Waals surface area contributed by atoms with E-state index in [1.165, 1.54) is 12.1 Å². The zero-order valence-electron chi connectivity index (χ0n) is 9.85. The molecule has 0 saturated carbocycles. The normalized spacial score (nSPS) is 10.5. The molecule has 0 unspecified atom stereocenters. The minimum absolute atomic E-state index is 0.131. The highest BCUT2D eigenvalue weighted by molar-refractivity contribution is 14.1. The van der Waals surface area contributed by atoms with Crippen molar-refractivity contribution in [3.05, 3.63) is 57.7 Å². The third-order valence-corrected chi connectivity index (χ3v) is 3.21. The first-order valence-electron chi connectivity index (χ1n) is 5.56. The predicted octanol–water partition coefficient (Wildman–Crippen LogP) is 4.47. The fourth-order valence-corrected chi connectivity index (χ4v) is 2.15. The van der Waals surface area contributed by atoms with E-state index in [0.29, 0.717) is 12.4 Å². The molecule has 0 aliphatic rings. The minimum atomic E-state index is -2.81. The molecular weight excluding hydrogens is 365 g/mol. The maximum Gasteiger partial charge on any atom is 0.387 e. The second kappa shape index (κ2) is 6.70. The average molecular weight is 376 g/mol. The quantitative estimate of drug-likeness (QED) is 0.717. The summed E-state index contributed by atoms with van der Waals surface area (Å²) >= 11 is 2.03. The van der Waals surface area contributed by atoms with Crippen molar-refractivity contribution in [3.8, 4) is 11.5 Å². The van der Waals surface area contributed by atoms with E-state index in [2.05, 4.69) is 4.74 Å². The molecule has 100 valence electrons. The van der Waals surface area contributed by atoms with Gasteiger partial charge in [-0.15, -0.1) is 0 Å². The molecule has 0 spiro atoms. The summed E-state index contributed by atoms with van der Waals surface area (Å²) in [5, 5.41) is 0. The summed E-state index contributed by atoms with van der Waals surface area (Å²) in [5.41, 5.74) is 1.05. The van der Waals surface area contributed by atoms with Crippen molar-refractivity contribution in [2.45, 2.75) is 13.2 Å². The zero-order chi connectivity index (χ0) is 13.7. The largest absolute Gasteiger partial charge is 0.488 e. The molecule has 0 saturated heterocycles. The van der Waals surface area contributed by atoms with Gasteiger partial charge in [-0.1, -0.05) is 30.3 Å². The Hall–Kier alpha value is -1.37. The van der Waals surface area contributed by atoms with E-state index in [9.17, 15) is 8.78 Å². The Balaban J connectivity index is 2.01. The second-order valence-electron chi connectivity index (χ2n) is 3.75. The van der Waals surface area contributed by atoms with Crippen molar-refractivity contribution in [1.29, 1.82) is 0 Å². The number of benzene rings is 2. The Morgan fingerprint density at radius 2 is 1.79 bits per heavy atom. The van der Waals surface area contributed by atoms with Crippen LogP contribution in [0.15, 0.2) is 48.5 Å². The van der Waals surface area contributed by atoms with Crippen LogP contribution in [0.25, 0.3) is 0 Å². The van der Waals surface area contributed by atoms with Crippen LogP contribution >= 0.6 is 22.6 Å². The minimum Gasteiger partial charge on any atom is -0.488 e. The topological polar surface area (TPSA) is 18.5 Å².